The summed E-state index contributed by atoms with van der Waals surface area (Å²) in [5.74, 6) is 0. The number of halogens is 1. The second-order valence-corrected chi connectivity index (χ2v) is 8.16. The molecule has 4 nitrogen and oxygen atoms in total. The summed E-state index contributed by atoms with van der Waals surface area (Å²) in [6.07, 6.45) is 1.95. The van der Waals surface area contributed by atoms with Crippen LogP contribution in [0.3, 0.4) is 0 Å². The molecule has 3 N–H and O–H groups in total. The smallest absolute Gasteiger partial charge is 0.177 e. The van der Waals surface area contributed by atoms with E-state index < -0.39 is 9.84 Å². The van der Waals surface area contributed by atoms with Crippen molar-refractivity contribution in [2.24, 2.45) is 0 Å². The summed E-state index contributed by atoms with van der Waals surface area (Å²) in [7, 11) is -3.31. The van der Waals surface area contributed by atoms with Crippen LogP contribution in [0.5, 0.6) is 0 Å². The number of sulfone groups is 1. The van der Waals surface area contributed by atoms with Crippen molar-refractivity contribution in [1.29, 1.82) is 0 Å². The van der Waals surface area contributed by atoms with Crippen molar-refractivity contribution in [3.8, 4) is 0 Å². The number of hydrogen-bond donors (Lipinski definition) is 2. The SMILES string of the molecule is CS(=O)(=O)c1cccc(NCCc2ccc(Cl)s2)c1N. The molecule has 20 heavy (non-hydrogen) atoms. The summed E-state index contributed by atoms with van der Waals surface area (Å²) in [6.45, 7) is 0.661. The van der Waals surface area contributed by atoms with Crippen LogP contribution in [0.4, 0.5) is 11.4 Å². The molecule has 2 rings (SSSR count). The lowest BCUT2D eigenvalue weighted by Gasteiger charge is -2.11. The molecule has 0 atom stereocenters. The molecule has 0 saturated heterocycles. The number of nitrogens with one attached hydrogen (secondary N) is 1. The van der Waals surface area contributed by atoms with E-state index in [0.717, 1.165) is 17.0 Å². The summed E-state index contributed by atoms with van der Waals surface area (Å²) in [6, 6.07) is 8.79. The van der Waals surface area contributed by atoms with Gasteiger partial charge in [0.05, 0.1) is 20.6 Å². The number of nitrogens with two attached hydrogens (primary N) is 1. The van der Waals surface area contributed by atoms with Crippen LogP contribution >= 0.6 is 22.9 Å². The van der Waals surface area contributed by atoms with Crippen molar-refractivity contribution in [1.82, 2.24) is 0 Å². The molecule has 0 bridgehead atoms. The molecule has 1 aromatic carbocycles. The van der Waals surface area contributed by atoms with Crippen LogP contribution in [0.2, 0.25) is 4.34 Å². The highest BCUT2D eigenvalue weighted by atomic mass is 35.5. The van der Waals surface area contributed by atoms with E-state index in [2.05, 4.69) is 5.32 Å². The van der Waals surface area contributed by atoms with Gasteiger partial charge in [-0.15, -0.1) is 11.3 Å². The Hall–Kier alpha value is -1.24. The normalized spacial score (nSPS) is 11.5. The summed E-state index contributed by atoms with van der Waals surface area (Å²) in [5.41, 5.74) is 6.79. The van der Waals surface area contributed by atoms with Gasteiger partial charge in [0.25, 0.3) is 0 Å². The van der Waals surface area contributed by atoms with E-state index in [-0.39, 0.29) is 10.6 Å². The summed E-state index contributed by atoms with van der Waals surface area (Å²) in [4.78, 5) is 1.32. The molecular formula is C13H15ClN2O2S2. The largest absolute Gasteiger partial charge is 0.396 e. The van der Waals surface area contributed by atoms with Crippen LogP contribution in [0, 0.1) is 0 Å². The van der Waals surface area contributed by atoms with Crippen molar-refractivity contribution >= 4 is 44.1 Å². The van der Waals surface area contributed by atoms with Gasteiger partial charge >= 0.3 is 0 Å². The molecule has 108 valence electrons. The zero-order valence-corrected chi connectivity index (χ0v) is 13.3. The molecule has 0 unspecified atom stereocenters. The lowest BCUT2D eigenvalue weighted by molar-refractivity contribution is 0.602. The van der Waals surface area contributed by atoms with Gasteiger partial charge in [-0.05, 0) is 30.7 Å². The first-order valence-electron chi connectivity index (χ1n) is 5.94. The van der Waals surface area contributed by atoms with Crippen LogP contribution in [0.1, 0.15) is 4.88 Å². The predicted molar refractivity (Wildman–Crippen MR) is 85.5 cm³/mol. The molecule has 0 fully saturated rings. The third-order valence-corrected chi connectivity index (χ3v) is 5.23. The number of hydrogen-bond acceptors (Lipinski definition) is 5. The fourth-order valence-electron chi connectivity index (χ4n) is 1.83. The Bertz CT molecular complexity index is 711. The summed E-state index contributed by atoms with van der Waals surface area (Å²) < 4.78 is 23.9. The molecule has 1 aromatic heterocycles. The number of benzene rings is 1. The number of anilines is 2. The number of para-hydroxylation sites is 1. The van der Waals surface area contributed by atoms with E-state index in [9.17, 15) is 8.42 Å². The quantitative estimate of drug-likeness (QED) is 0.826. The van der Waals surface area contributed by atoms with Gasteiger partial charge in [-0.3, -0.25) is 0 Å². The van der Waals surface area contributed by atoms with Crippen LogP contribution in [-0.4, -0.2) is 21.2 Å². The molecular weight excluding hydrogens is 316 g/mol. The molecule has 0 spiro atoms. The first-order valence-corrected chi connectivity index (χ1v) is 9.03. The Balaban J connectivity index is 2.07. The van der Waals surface area contributed by atoms with Gasteiger partial charge in [-0.25, -0.2) is 8.42 Å². The number of thiophene rings is 1. The van der Waals surface area contributed by atoms with Gasteiger partial charge in [-0.2, -0.15) is 0 Å². The maximum atomic E-state index is 11.6. The summed E-state index contributed by atoms with van der Waals surface area (Å²) >= 11 is 7.40. The minimum atomic E-state index is -3.31. The zero-order valence-electron chi connectivity index (χ0n) is 10.9. The number of nitrogen functional groups attached to an aromatic ring is 1. The van der Waals surface area contributed by atoms with Gasteiger partial charge in [0, 0.05) is 17.7 Å². The fraction of sp³-hybridized carbons (Fsp3) is 0.231. The predicted octanol–water partition coefficient (Wildman–Crippen LogP) is 3.04. The molecule has 1 heterocycles. The third-order valence-electron chi connectivity index (χ3n) is 2.78. The molecule has 0 radical (unpaired) electrons. The van der Waals surface area contributed by atoms with E-state index in [4.69, 9.17) is 17.3 Å². The molecule has 0 aliphatic rings. The second kappa shape index (κ2) is 6.03. The first kappa shape index (κ1) is 15.2. The van der Waals surface area contributed by atoms with E-state index in [0.29, 0.717) is 12.2 Å². The van der Waals surface area contributed by atoms with Gasteiger partial charge < -0.3 is 11.1 Å². The lowest BCUT2D eigenvalue weighted by Crippen LogP contribution is -2.09. The maximum Gasteiger partial charge on any atom is 0.177 e. The van der Waals surface area contributed by atoms with Crippen LogP contribution < -0.4 is 11.1 Å². The standard InChI is InChI=1S/C13H15ClN2O2S2/c1-20(17,18)11-4-2-3-10(13(11)15)16-8-7-9-5-6-12(14)19-9/h2-6,16H,7-8,15H2,1H3. The average Bonchev–Trinajstić information content (AvgIpc) is 2.76. The van der Waals surface area contributed by atoms with Crippen LogP contribution in [0.25, 0.3) is 0 Å². The molecule has 0 amide bonds. The average molecular weight is 331 g/mol. The highest BCUT2D eigenvalue weighted by Gasteiger charge is 2.13. The minimum absolute atomic E-state index is 0.154. The van der Waals surface area contributed by atoms with Gasteiger partial charge in [0.2, 0.25) is 0 Å². The lowest BCUT2D eigenvalue weighted by atomic mass is 10.2. The monoisotopic (exact) mass is 330 g/mol. The van der Waals surface area contributed by atoms with E-state index in [1.54, 1.807) is 12.1 Å². The third kappa shape index (κ3) is 3.65. The van der Waals surface area contributed by atoms with Crippen molar-refractivity contribution in [3.05, 3.63) is 39.5 Å². The fourth-order valence-corrected chi connectivity index (χ4v) is 3.75. The second-order valence-electron chi connectivity index (χ2n) is 4.37. The van der Waals surface area contributed by atoms with Gasteiger partial charge in [-0.1, -0.05) is 17.7 Å². The van der Waals surface area contributed by atoms with Crippen molar-refractivity contribution in [2.45, 2.75) is 11.3 Å². The molecule has 7 heteroatoms. The van der Waals surface area contributed by atoms with E-state index in [1.807, 2.05) is 12.1 Å². The zero-order chi connectivity index (χ0) is 14.8. The molecule has 0 aliphatic heterocycles. The highest BCUT2D eigenvalue weighted by molar-refractivity contribution is 7.90. The van der Waals surface area contributed by atoms with Crippen molar-refractivity contribution < 1.29 is 8.42 Å². The van der Waals surface area contributed by atoms with E-state index >= 15 is 0 Å². The van der Waals surface area contributed by atoms with Crippen LogP contribution in [0.15, 0.2) is 35.2 Å². The van der Waals surface area contributed by atoms with Gasteiger partial charge in [0.15, 0.2) is 9.84 Å². The molecule has 0 aliphatic carbocycles. The molecule has 2 aromatic rings. The topological polar surface area (TPSA) is 72.2 Å². The summed E-state index contributed by atoms with van der Waals surface area (Å²) in [5, 5.41) is 3.16. The Morgan fingerprint density at radius 1 is 1.30 bits per heavy atom. The number of rotatable bonds is 5. The Morgan fingerprint density at radius 3 is 2.65 bits per heavy atom. The van der Waals surface area contributed by atoms with Crippen LogP contribution in [-0.2, 0) is 16.3 Å². The van der Waals surface area contributed by atoms with Crippen molar-refractivity contribution in [3.63, 3.8) is 0 Å². The Morgan fingerprint density at radius 2 is 2.05 bits per heavy atom. The first-order chi connectivity index (χ1) is 9.38. The van der Waals surface area contributed by atoms with Crippen molar-refractivity contribution in [2.75, 3.05) is 23.9 Å². The van der Waals surface area contributed by atoms with E-state index in [1.165, 1.54) is 22.3 Å². The minimum Gasteiger partial charge on any atom is -0.396 e. The molecule has 0 saturated carbocycles. The highest BCUT2D eigenvalue weighted by Crippen LogP contribution is 2.27. The van der Waals surface area contributed by atoms with Gasteiger partial charge in [0.1, 0.15) is 0 Å². The Labute approximate surface area is 127 Å². The Kier molecular flexibility index (Phi) is 4.57. The maximum absolute atomic E-state index is 11.6.